The standard InChI is InChI=1S/C15H9NOS2/c1-2-4-13-12(3-1)16-15(19-13)17-11-6-5-10-7-8-18-14(10)9-11/h1-9H. The Morgan fingerprint density at radius 3 is 2.84 bits per heavy atom. The van der Waals surface area contributed by atoms with Gasteiger partial charge in [0, 0.05) is 4.70 Å². The predicted octanol–water partition coefficient (Wildman–Crippen LogP) is 5.30. The van der Waals surface area contributed by atoms with Crippen molar-refractivity contribution in [3.63, 3.8) is 0 Å². The number of para-hydroxylation sites is 1. The third-order valence-corrected chi connectivity index (χ3v) is 4.70. The number of thiazole rings is 1. The minimum Gasteiger partial charge on any atom is -0.431 e. The molecule has 0 saturated carbocycles. The molecule has 0 saturated heterocycles. The lowest BCUT2D eigenvalue weighted by molar-refractivity contribution is 0.481. The highest BCUT2D eigenvalue weighted by atomic mass is 32.1. The summed E-state index contributed by atoms with van der Waals surface area (Å²) in [6, 6.07) is 16.3. The lowest BCUT2D eigenvalue weighted by atomic mass is 10.2. The second kappa shape index (κ2) is 4.33. The van der Waals surface area contributed by atoms with Crippen LogP contribution in [0.4, 0.5) is 0 Å². The third-order valence-electron chi connectivity index (χ3n) is 2.91. The molecule has 92 valence electrons. The number of hydrogen-bond donors (Lipinski definition) is 0. The molecule has 4 heteroatoms. The summed E-state index contributed by atoms with van der Waals surface area (Å²) in [7, 11) is 0. The number of aromatic nitrogens is 1. The molecule has 0 N–H and O–H groups in total. The molecule has 0 amide bonds. The van der Waals surface area contributed by atoms with Gasteiger partial charge in [-0.05, 0) is 47.2 Å². The Morgan fingerprint density at radius 2 is 1.89 bits per heavy atom. The normalized spacial score (nSPS) is 11.2. The molecular weight excluding hydrogens is 274 g/mol. The quantitative estimate of drug-likeness (QED) is 0.498. The second-order valence-corrected chi connectivity index (χ2v) is 6.11. The topological polar surface area (TPSA) is 22.1 Å². The second-order valence-electron chi connectivity index (χ2n) is 4.17. The largest absolute Gasteiger partial charge is 0.431 e. The average molecular weight is 283 g/mol. The SMILES string of the molecule is c1ccc2sc(Oc3ccc4ccsc4c3)nc2c1. The van der Waals surface area contributed by atoms with E-state index in [0.29, 0.717) is 5.19 Å². The first kappa shape index (κ1) is 11.0. The fraction of sp³-hybridized carbons (Fsp3) is 0. The minimum absolute atomic E-state index is 0.692. The van der Waals surface area contributed by atoms with Crippen molar-refractivity contribution < 1.29 is 4.74 Å². The highest BCUT2D eigenvalue weighted by molar-refractivity contribution is 7.20. The zero-order chi connectivity index (χ0) is 12.7. The molecule has 0 unspecified atom stereocenters. The van der Waals surface area contributed by atoms with Crippen LogP contribution in [0.15, 0.2) is 53.9 Å². The van der Waals surface area contributed by atoms with Gasteiger partial charge in [0.15, 0.2) is 0 Å². The van der Waals surface area contributed by atoms with E-state index < -0.39 is 0 Å². The van der Waals surface area contributed by atoms with Crippen LogP contribution in [0.5, 0.6) is 10.9 Å². The molecule has 2 heterocycles. The highest BCUT2D eigenvalue weighted by Gasteiger charge is 2.06. The third kappa shape index (κ3) is 1.99. The number of benzene rings is 2. The Morgan fingerprint density at radius 1 is 0.947 bits per heavy atom. The van der Waals surface area contributed by atoms with Crippen molar-refractivity contribution in [2.75, 3.05) is 0 Å². The molecule has 2 aromatic heterocycles. The lowest BCUT2D eigenvalue weighted by Gasteiger charge is -2.00. The maximum Gasteiger partial charge on any atom is 0.279 e. The van der Waals surface area contributed by atoms with E-state index in [0.717, 1.165) is 16.0 Å². The van der Waals surface area contributed by atoms with Crippen LogP contribution in [0.2, 0.25) is 0 Å². The van der Waals surface area contributed by atoms with Crippen LogP contribution in [-0.2, 0) is 0 Å². The average Bonchev–Trinajstić information content (AvgIpc) is 3.03. The van der Waals surface area contributed by atoms with Gasteiger partial charge in [-0.2, -0.15) is 0 Å². The Kier molecular flexibility index (Phi) is 2.50. The Balaban J connectivity index is 1.72. The van der Waals surface area contributed by atoms with E-state index >= 15 is 0 Å². The molecule has 0 atom stereocenters. The molecular formula is C15H9NOS2. The molecule has 0 radical (unpaired) electrons. The van der Waals surface area contributed by atoms with Gasteiger partial charge in [-0.15, -0.1) is 11.3 Å². The molecule has 19 heavy (non-hydrogen) atoms. The van der Waals surface area contributed by atoms with Gasteiger partial charge in [-0.3, -0.25) is 0 Å². The molecule has 0 aliphatic rings. The van der Waals surface area contributed by atoms with Crippen LogP contribution in [0, 0.1) is 0 Å². The van der Waals surface area contributed by atoms with E-state index in [9.17, 15) is 0 Å². The minimum atomic E-state index is 0.692. The monoisotopic (exact) mass is 283 g/mol. The molecule has 4 aromatic rings. The fourth-order valence-electron chi connectivity index (χ4n) is 1.99. The van der Waals surface area contributed by atoms with Crippen molar-refractivity contribution in [1.29, 1.82) is 0 Å². The molecule has 0 aliphatic carbocycles. The maximum absolute atomic E-state index is 5.85. The van der Waals surface area contributed by atoms with E-state index in [2.05, 4.69) is 34.6 Å². The smallest absolute Gasteiger partial charge is 0.279 e. The van der Waals surface area contributed by atoms with Crippen LogP contribution < -0.4 is 4.74 Å². The first-order chi connectivity index (χ1) is 9.38. The van der Waals surface area contributed by atoms with Crippen molar-refractivity contribution in [2.45, 2.75) is 0 Å². The van der Waals surface area contributed by atoms with E-state index in [-0.39, 0.29) is 0 Å². The van der Waals surface area contributed by atoms with E-state index in [1.54, 1.807) is 22.7 Å². The summed E-state index contributed by atoms with van der Waals surface area (Å²) in [6.07, 6.45) is 0. The molecule has 4 rings (SSSR count). The number of ether oxygens (including phenoxy) is 1. The number of rotatable bonds is 2. The highest BCUT2D eigenvalue weighted by Crippen LogP contribution is 2.33. The number of fused-ring (bicyclic) bond motifs is 2. The van der Waals surface area contributed by atoms with Gasteiger partial charge in [0.1, 0.15) is 5.75 Å². The molecule has 0 fully saturated rings. The van der Waals surface area contributed by atoms with Gasteiger partial charge in [0.05, 0.1) is 10.2 Å². The maximum atomic E-state index is 5.85. The summed E-state index contributed by atoms with van der Waals surface area (Å²) in [5, 5.41) is 4.03. The predicted molar refractivity (Wildman–Crippen MR) is 81.5 cm³/mol. The van der Waals surface area contributed by atoms with Crippen molar-refractivity contribution >= 4 is 43.0 Å². The van der Waals surface area contributed by atoms with Crippen LogP contribution in [0.1, 0.15) is 0 Å². The Labute approximate surface area is 117 Å². The van der Waals surface area contributed by atoms with Crippen LogP contribution in [0.25, 0.3) is 20.3 Å². The van der Waals surface area contributed by atoms with Crippen molar-refractivity contribution in [3.8, 4) is 10.9 Å². The van der Waals surface area contributed by atoms with Crippen molar-refractivity contribution in [3.05, 3.63) is 53.9 Å². The summed E-state index contributed by atoms with van der Waals surface area (Å²) in [5.41, 5.74) is 0.986. The van der Waals surface area contributed by atoms with Crippen LogP contribution >= 0.6 is 22.7 Å². The molecule has 0 bridgehead atoms. The van der Waals surface area contributed by atoms with Crippen LogP contribution in [0.3, 0.4) is 0 Å². The zero-order valence-electron chi connectivity index (χ0n) is 9.87. The van der Waals surface area contributed by atoms with Crippen LogP contribution in [-0.4, -0.2) is 4.98 Å². The number of thiophene rings is 1. The number of nitrogens with zero attached hydrogens (tertiary/aromatic N) is 1. The fourth-order valence-corrected chi connectivity index (χ4v) is 3.65. The first-order valence-corrected chi connectivity index (χ1v) is 7.59. The van der Waals surface area contributed by atoms with E-state index in [1.807, 2.05) is 24.3 Å². The molecule has 2 aromatic carbocycles. The number of hydrogen-bond acceptors (Lipinski definition) is 4. The Hall–Kier alpha value is -1.91. The summed E-state index contributed by atoms with van der Waals surface area (Å²) in [6.45, 7) is 0. The van der Waals surface area contributed by atoms with Gasteiger partial charge in [-0.25, -0.2) is 4.98 Å². The lowest BCUT2D eigenvalue weighted by Crippen LogP contribution is -1.81. The van der Waals surface area contributed by atoms with Gasteiger partial charge >= 0.3 is 0 Å². The zero-order valence-corrected chi connectivity index (χ0v) is 11.5. The van der Waals surface area contributed by atoms with Crippen molar-refractivity contribution in [2.24, 2.45) is 0 Å². The Bertz CT molecular complexity index is 829. The van der Waals surface area contributed by atoms with Crippen molar-refractivity contribution in [1.82, 2.24) is 4.98 Å². The summed E-state index contributed by atoms with van der Waals surface area (Å²) >= 11 is 3.29. The summed E-state index contributed by atoms with van der Waals surface area (Å²) in [5.74, 6) is 0.842. The molecule has 0 spiro atoms. The van der Waals surface area contributed by atoms with E-state index in [1.165, 1.54) is 10.1 Å². The summed E-state index contributed by atoms with van der Waals surface area (Å²) in [4.78, 5) is 4.48. The van der Waals surface area contributed by atoms with Gasteiger partial charge in [-0.1, -0.05) is 23.5 Å². The van der Waals surface area contributed by atoms with E-state index in [4.69, 9.17) is 4.74 Å². The van der Waals surface area contributed by atoms with Gasteiger partial charge in [0.25, 0.3) is 5.19 Å². The van der Waals surface area contributed by atoms with Gasteiger partial charge in [0.2, 0.25) is 0 Å². The van der Waals surface area contributed by atoms with Gasteiger partial charge < -0.3 is 4.74 Å². The molecule has 2 nitrogen and oxygen atoms in total. The molecule has 0 aliphatic heterocycles. The summed E-state index contributed by atoms with van der Waals surface area (Å²) < 4.78 is 8.24. The first-order valence-electron chi connectivity index (χ1n) is 5.89.